The molecule has 2 saturated carbocycles. The van der Waals surface area contributed by atoms with Gasteiger partial charge in [-0.15, -0.1) is 0 Å². The number of nitrogens with zero attached hydrogens (tertiary/aromatic N) is 1. The number of furan rings is 1. The fourth-order valence-corrected chi connectivity index (χ4v) is 7.64. The zero-order chi connectivity index (χ0) is 30.8. The maximum Gasteiger partial charge on any atom is 1.00 e. The van der Waals surface area contributed by atoms with Gasteiger partial charge in [0.2, 0.25) is 5.78 Å². The van der Waals surface area contributed by atoms with Crippen LogP contribution in [0.2, 0.25) is 0 Å². The number of phenols is 1. The summed E-state index contributed by atoms with van der Waals surface area (Å²) in [5.41, 5.74) is 2.93. The second-order valence-corrected chi connectivity index (χ2v) is 12.4. The van der Waals surface area contributed by atoms with E-state index in [1.54, 1.807) is 20.2 Å². The Morgan fingerprint density at radius 2 is 1.82 bits per heavy atom. The Kier molecular flexibility index (Phi) is 9.38. The van der Waals surface area contributed by atoms with Gasteiger partial charge < -0.3 is 37.3 Å². The molecule has 12 heteroatoms. The molecule has 4 atom stereocenters. The maximum atomic E-state index is 14.0. The van der Waals surface area contributed by atoms with Crippen molar-refractivity contribution in [3.63, 3.8) is 0 Å². The molecule has 0 bridgehead atoms. The number of hydrogen-bond acceptors (Lipinski definition) is 10. The van der Waals surface area contributed by atoms with Crippen LogP contribution in [-0.4, -0.2) is 74.6 Å². The summed E-state index contributed by atoms with van der Waals surface area (Å²) >= 11 is 0. The Hall–Kier alpha value is -2.29. The molecule has 4 aliphatic carbocycles. The predicted octanol–water partition coefficient (Wildman–Crippen LogP) is -0.237. The van der Waals surface area contributed by atoms with E-state index in [9.17, 15) is 34.8 Å². The van der Waals surface area contributed by atoms with E-state index in [-0.39, 0.29) is 82.5 Å². The number of hydrogen-bond donors (Lipinski definition) is 6. The number of rotatable bonds is 6. The van der Waals surface area contributed by atoms with Crippen molar-refractivity contribution in [2.75, 3.05) is 14.1 Å². The third-order valence-electron chi connectivity index (χ3n) is 9.70. The van der Waals surface area contributed by atoms with Crippen molar-refractivity contribution in [2.45, 2.75) is 69.2 Å². The van der Waals surface area contributed by atoms with Gasteiger partial charge in [0.1, 0.15) is 34.4 Å². The molecule has 2 fully saturated rings. The van der Waals surface area contributed by atoms with E-state index >= 15 is 0 Å². The Morgan fingerprint density at radius 3 is 2.48 bits per heavy atom. The molecule has 1 heterocycles. The van der Waals surface area contributed by atoms with Gasteiger partial charge in [-0.25, -0.2) is 0 Å². The van der Waals surface area contributed by atoms with Crippen LogP contribution in [-0.2, 0) is 27.3 Å². The summed E-state index contributed by atoms with van der Waals surface area (Å²) in [7, 11) is 3.14. The molecule has 1 aromatic carbocycles. The number of aliphatic hydroxyl groups excluding tert-OH is 2. The van der Waals surface area contributed by atoms with Crippen molar-refractivity contribution in [3.05, 3.63) is 58.1 Å². The minimum Gasteiger partial charge on any atom is -1.00 e. The van der Waals surface area contributed by atoms with Crippen molar-refractivity contribution >= 4 is 23.2 Å². The number of aromatic hydroxyl groups is 1. The minimum absolute atomic E-state index is 0. The first-order chi connectivity index (χ1) is 20.4. The van der Waals surface area contributed by atoms with Crippen molar-refractivity contribution in [1.82, 2.24) is 10.2 Å². The molecule has 1 aromatic heterocycles. The standard InChI is InChI=1S/C32H37N3O8.K.H/c1-35(2)26-20-13-15-12-19-18(22-11-8-17(43-22)14-34-16-6-4-3-5-7-16)9-10-21(36)24(19)27(37)23(15)29(39)32(20,42)30(40)25(28(26)38)31(33)41;;/h8-11,15-16,20,26,34,36-37,40,42H,3-7,12-14H2,1-2H3,(H2,33,41);;/q;+1;-1/t15-,20-,26-,32-;;/m0../s1/i;;1+1. The average molecular weight is 633 g/mol. The molecule has 7 N–H and O–H groups in total. The SMILES string of the molecule is CN(C)[C@@H]1C(=O)C(C(N)=O)=C(O)[C@@]2(O)C(=O)C3=C(O)c4c(O)ccc(-c5ccc(CNC6CCCCC6)o5)c4C[C@H]3C[C@@H]12.[2H-].[K+]. The molecule has 0 spiro atoms. The van der Waals surface area contributed by atoms with Crippen LogP contribution in [0, 0.1) is 11.8 Å². The fourth-order valence-electron chi connectivity index (χ4n) is 7.64. The molecule has 44 heavy (non-hydrogen) atoms. The number of primary amides is 1. The van der Waals surface area contributed by atoms with E-state index in [0.29, 0.717) is 29.5 Å². The van der Waals surface area contributed by atoms with Gasteiger partial charge in [-0.3, -0.25) is 19.3 Å². The number of fused-ring (bicyclic) bond motifs is 3. The molecule has 6 rings (SSSR count). The van der Waals surface area contributed by atoms with Crippen LogP contribution >= 0.6 is 0 Å². The number of carbonyl (C=O) groups is 3. The van der Waals surface area contributed by atoms with E-state index in [1.807, 2.05) is 12.1 Å². The van der Waals surface area contributed by atoms with E-state index in [1.165, 1.54) is 30.2 Å². The first kappa shape index (κ1) is 33.1. The Bertz CT molecular complexity index is 1590. The number of aliphatic hydroxyl groups is 3. The Balaban J connectivity index is 0.00000230. The zero-order valence-electron chi connectivity index (χ0n) is 26.2. The summed E-state index contributed by atoms with van der Waals surface area (Å²) in [6.45, 7) is 0.571. The maximum absolute atomic E-state index is 14.0. The predicted molar refractivity (Wildman–Crippen MR) is 157 cm³/mol. The van der Waals surface area contributed by atoms with Gasteiger partial charge in [0, 0.05) is 23.1 Å². The molecule has 1 amide bonds. The summed E-state index contributed by atoms with van der Waals surface area (Å²) < 4.78 is 6.19. The molecule has 2 aromatic rings. The van der Waals surface area contributed by atoms with Crippen LogP contribution in [0.25, 0.3) is 17.1 Å². The van der Waals surface area contributed by atoms with Gasteiger partial charge in [-0.1, -0.05) is 19.3 Å². The number of carbonyl (C=O) groups excluding carboxylic acids is 3. The number of nitrogens with one attached hydrogen (secondary N) is 1. The zero-order valence-corrected chi connectivity index (χ0v) is 28.3. The topological polar surface area (TPSA) is 187 Å². The van der Waals surface area contributed by atoms with Crippen LogP contribution in [0.3, 0.4) is 0 Å². The van der Waals surface area contributed by atoms with Gasteiger partial charge >= 0.3 is 51.4 Å². The molecule has 0 radical (unpaired) electrons. The molecular formula is C32H38KN3O8. The number of ketones is 2. The molecule has 0 unspecified atom stereocenters. The first-order valence-corrected chi connectivity index (χ1v) is 14.8. The summed E-state index contributed by atoms with van der Waals surface area (Å²) in [6, 6.07) is 6.15. The van der Waals surface area contributed by atoms with Gasteiger partial charge in [0.05, 0.1) is 18.2 Å². The van der Waals surface area contributed by atoms with E-state index in [0.717, 1.165) is 18.6 Å². The second kappa shape index (κ2) is 12.5. The summed E-state index contributed by atoms with van der Waals surface area (Å²) in [4.78, 5) is 40.9. The monoisotopic (exact) mass is 632 g/mol. The van der Waals surface area contributed by atoms with E-state index in [4.69, 9.17) is 10.2 Å². The van der Waals surface area contributed by atoms with Crippen LogP contribution in [0.1, 0.15) is 56.8 Å². The molecule has 11 nitrogen and oxygen atoms in total. The molecule has 4 aliphatic rings. The summed E-state index contributed by atoms with van der Waals surface area (Å²) in [5.74, 6) is -5.49. The van der Waals surface area contributed by atoms with E-state index < -0.39 is 58.0 Å². The van der Waals surface area contributed by atoms with Gasteiger partial charge in [-0.05, 0) is 75.5 Å². The summed E-state index contributed by atoms with van der Waals surface area (Å²) in [5, 5.41) is 48.6. The van der Waals surface area contributed by atoms with E-state index in [2.05, 4.69) is 5.32 Å². The molecule has 0 saturated heterocycles. The van der Waals surface area contributed by atoms with Crippen molar-refractivity contribution < 1.29 is 92.0 Å². The van der Waals surface area contributed by atoms with Crippen molar-refractivity contribution in [1.29, 1.82) is 0 Å². The average Bonchev–Trinajstić information content (AvgIpc) is 3.43. The smallest absolute Gasteiger partial charge is 1.00 e. The van der Waals surface area contributed by atoms with Crippen LogP contribution < -0.4 is 62.4 Å². The summed E-state index contributed by atoms with van der Waals surface area (Å²) in [6.07, 6.45) is 6.19. The number of benzene rings is 1. The van der Waals surface area contributed by atoms with Crippen molar-refractivity contribution in [2.24, 2.45) is 17.6 Å². The number of nitrogens with two attached hydrogens (primary N) is 1. The van der Waals surface area contributed by atoms with Gasteiger partial charge in [-0.2, -0.15) is 0 Å². The Morgan fingerprint density at radius 1 is 1.11 bits per heavy atom. The molecule has 0 aliphatic heterocycles. The van der Waals surface area contributed by atoms with Crippen LogP contribution in [0.5, 0.6) is 5.75 Å². The Labute approximate surface area is 299 Å². The van der Waals surface area contributed by atoms with Crippen molar-refractivity contribution in [3.8, 4) is 17.1 Å². The quantitative estimate of drug-likeness (QED) is 0.183. The van der Waals surface area contributed by atoms with Gasteiger partial charge in [0.25, 0.3) is 5.91 Å². The fraction of sp³-hybridized carbons (Fsp3) is 0.469. The largest absolute Gasteiger partial charge is 1.00 e. The number of phenolic OH excluding ortho intramolecular Hbond substituents is 1. The normalized spacial score (nSPS) is 27.1. The third-order valence-corrected chi connectivity index (χ3v) is 9.70. The van der Waals surface area contributed by atoms with Crippen LogP contribution in [0.15, 0.2) is 45.6 Å². The molecule has 230 valence electrons. The van der Waals surface area contributed by atoms with Crippen LogP contribution in [0.4, 0.5) is 0 Å². The minimum atomic E-state index is -2.67. The second-order valence-electron chi connectivity index (χ2n) is 12.4. The number of Topliss-reactive ketones (excluding diaryl/α,β-unsaturated/α-hetero) is 2. The number of amides is 1. The first-order valence-electron chi connectivity index (χ1n) is 14.8. The number of likely N-dealkylation sites (N-methyl/N-ethyl adjacent to an activating group) is 1. The van der Waals surface area contributed by atoms with Gasteiger partial charge in [0.15, 0.2) is 11.4 Å². The third kappa shape index (κ3) is 5.22. The molecular weight excluding hydrogens is 593 g/mol.